The minimum Gasteiger partial charge on any atom is -0.480 e. The first kappa shape index (κ1) is 22.5. The lowest BCUT2D eigenvalue weighted by atomic mass is 10.1. The molecule has 2 saturated heterocycles. The van der Waals surface area contributed by atoms with Gasteiger partial charge in [0.2, 0.25) is 17.7 Å². The Bertz CT molecular complexity index is 597. The maximum atomic E-state index is 12.8. The molecule has 28 heavy (non-hydrogen) atoms. The maximum Gasteiger partial charge on any atom is 0.326 e. The lowest BCUT2D eigenvalue weighted by molar-refractivity contribution is -0.144. The van der Waals surface area contributed by atoms with E-state index in [4.69, 9.17) is 0 Å². The van der Waals surface area contributed by atoms with E-state index in [1.165, 1.54) is 16.7 Å². The van der Waals surface area contributed by atoms with E-state index in [1.807, 2.05) is 6.26 Å². The van der Waals surface area contributed by atoms with E-state index in [9.17, 15) is 24.3 Å². The quantitative estimate of drug-likeness (QED) is 0.403. The van der Waals surface area contributed by atoms with Gasteiger partial charge in [-0.15, -0.1) is 0 Å². The third-order valence-corrected chi connectivity index (χ3v) is 5.81. The van der Waals surface area contributed by atoms with Crippen LogP contribution in [0.4, 0.5) is 0 Å². The van der Waals surface area contributed by atoms with Crippen molar-refractivity contribution in [3.8, 4) is 0 Å². The molecule has 2 fully saturated rings. The topological polar surface area (TPSA) is 128 Å². The van der Waals surface area contributed by atoms with Gasteiger partial charge in [0.25, 0.3) is 0 Å². The second-order valence-corrected chi connectivity index (χ2v) is 8.24. The van der Waals surface area contributed by atoms with Gasteiger partial charge in [-0.05, 0) is 57.6 Å². The Labute approximate surface area is 169 Å². The van der Waals surface area contributed by atoms with Gasteiger partial charge in [0, 0.05) is 6.54 Å². The molecule has 0 aromatic rings. The maximum absolute atomic E-state index is 12.8. The molecule has 0 spiro atoms. The molecule has 0 aromatic heterocycles. The lowest BCUT2D eigenvalue weighted by Crippen LogP contribution is -2.56. The number of nitrogens with one attached hydrogen (secondary N) is 3. The van der Waals surface area contributed by atoms with Gasteiger partial charge in [-0.2, -0.15) is 11.8 Å². The number of carboxylic acid groups (broad SMARTS) is 1. The Morgan fingerprint density at radius 3 is 2.54 bits per heavy atom. The van der Waals surface area contributed by atoms with Crippen LogP contribution in [0, 0.1) is 0 Å². The van der Waals surface area contributed by atoms with Crippen LogP contribution in [0.3, 0.4) is 0 Å². The number of thioether (sulfide) groups is 1. The molecule has 0 bridgehead atoms. The molecule has 3 amide bonds. The first-order chi connectivity index (χ1) is 13.3. The summed E-state index contributed by atoms with van der Waals surface area (Å²) in [6.45, 7) is 2.82. The highest BCUT2D eigenvalue weighted by molar-refractivity contribution is 7.98. The molecule has 0 radical (unpaired) electrons. The molecule has 2 aliphatic heterocycles. The van der Waals surface area contributed by atoms with Gasteiger partial charge in [-0.25, -0.2) is 4.79 Å². The van der Waals surface area contributed by atoms with Crippen molar-refractivity contribution in [1.82, 2.24) is 20.9 Å². The van der Waals surface area contributed by atoms with E-state index < -0.39 is 30.0 Å². The van der Waals surface area contributed by atoms with Gasteiger partial charge in [-0.3, -0.25) is 14.4 Å². The van der Waals surface area contributed by atoms with Crippen LogP contribution in [0.1, 0.15) is 39.0 Å². The van der Waals surface area contributed by atoms with E-state index in [-0.39, 0.29) is 17.9 Å². The highest BCUT2D eigenvalue weighted by Gasteiger charge is 2.38. The summed E-state index contributed by atoms with van der Waals surface area (Å²) in [4.78, 5) is 50.5. The number of carbonyl (C=O) groups is 4. The van der Waals surface area contributed by atoms with E-state index in [2.05, 4.69) is 16.0 Å². The Kier molecular flexibility index (Phi) is 8.56. The summed E-state index contributed by atoms with van der Waals surface area (Å²) < 4.78 is 0. The predicted octanol–water partition coefficient (Wildman–Crippen LogP) is -0.443. The van der Waals surface area contributed by atoms with Crippen molar-refractivity contribution in [2.45, 2.75) is 63.2 Å². The van der Waals surface area contributed by atoms with Gasteiger partial charge in [-0.1, -0.05) is 0 Å². The summed E-state index contributed by atoms with van der Waals surface area (Å²) in [5, 5.41) is 17.7. The highest BCUT2D eigenvalue weighted by atomic mass is 32.2. The Morgan fingerprint density at radius 1 is 1.18 bits per heavy atom. The van der Waals surface area contributed by atoms with E-state index in [0.717, 1.165) is 19.4 Å². The summed E-state index contributed by atoms with van der Waals surface area (Å²) >= 11 is 1.51. The summed E-state index contributed by atoms with van der Waals surface area (Å²) in [5.74, 6) is -1.44. The smallest absolute Gasteiger partial charge is 0.326 e. The van der Waals surface area contributed by atoms with E-state index in [1.54, 1.807) is 6.92 Å². The first-order valence-corrected chi connectivity index (χ1v) is 11.1. The van der Waals surface area contributed by atoms with Gasteiger partial charge >= 0.3 is 5.97 Å². The Hall–Kier alpha value is -1.81. The van der Waals surface area contributed by atoms with Gasteiger partial charge < -0.3 is 26.0 Å². The van der Waals surface area contributed by atoms with E-state index in [0.29, 0.717) is 31.6 Å². The molecule has 2 rings (SSSR count). The molecule has 0 aliphatic carbocycles. The molecule has 9 nitrogen and oxygen atoms in total. The Morgan fingerprint density at radius 2 is 1.93 bits per heavy atom. The lowest BCUT2D eigenvalue weighted by Gasteiger charge is -2.28. The molecular weight excluding hydrogens is 384 g/mol. The third kappa shape index (κ3) is 5.84. The average molecular weight is 415 g/mol. The summed E-state index contributed by atoms with van der Waals surface area (Å²) in [7, 11) is 0. The van der Waals surface area contributed by atoms with Crippen LogP contribution in [-0.4, -0.2) is 83.0 Å². The monoisotopic (exact) mass is 414 g/mol. The molecular formula is C18H30N4O5S. The normalized spacial score (nSPS) is 23.9. The molecule has 2 aliphatic rings. The number of carboxylic acids is 1. The van der Waals surface area contributed by atoms with Crippen molar-refractivity contribution < 1.29 is 24.3 Å². The van der Waals surface area contributed by atoms with Crippen LogP contribution in [0.5, 0.6) is 0 Å². The van der Waals surface area contributed by atoms with Crippen molar-refractivity contribution in [1.29, 1.82) is 0 Å². The fourth-order valence-corrected chi connectivity index (χ4v) is 4.07. The van der Waals surface area contributed by atoms with Gasteiger partial charge in [0.1, 0.15) is 18.1 Å². The average Bonchev–Trinajstić information content (AvgIpc) is 3.35. The zero-order valence-electron chi connectivity index (χ0n) is 16.4. The number of carbonyl (C=O) groups excluding carboxylic acids is 3. The second kappa shape index (κ2) is 10.7. The largest absolute Gasteiger partial charge is 0.480 e. The summed E-state index contributed by atoms with van der Waals surface area (Å²) in [6, 6.07) is -2.69. The third-order valence-electron chi connectivity index (χ3n) is 5.17. The minimum absolute atomic E-state index is 0.207. The van der Waals surface area contributed by atoms with Crippen molar-refractivity contribution >= 4 is 35.5 Å². The van der Waals surface area contributed by atoms with Crippen LogP contribution in [0.15, 0.2) is 0 Å². The molecule has 0 saturated carbocycles. The standard InChI is InChI=1S/C18H30N4O5S/c1-11(20-15(23)12-5-3-8-19-12)17(25)22-9-4-6-14(22)16(24)21-13(18(26)27)7-10-28-2/h11-14,19H,3-10H2,1-2H3,(H,20,23)(H,21,24)(H,26,27). The van der Waals surface area contributed by atoms with Crippen molar-refractivity contribution in [2.75, 3.05) is 25.1 Å². The first-order valence-electron chi connectivity index (χ1n) is 9.71. The fraction of sp³-hybridized carbons (Fsp3) is 0.778. The zero-order chi connectivity index (χ0) is 20.7. The number of aliphatic carboxylic acids is 1. The second-order valence-electron chi connectivity index (χ2n) is 7.25. The van der Waals surface area contributed by atoms with Crippen molar-refractivity contribution in [3.63, 3.8) is 0 Å². The molecule has 0 aromatic carbocycles. The van der Waals surface area contributed by atoms with Crippen molar-refractivity contribution in [2.24, 2.45) is 0 Å². The van der Waals surface area contributed by atoms with Gasteiger partial charge in [0.05, 0.1) is 6.04 Å². The van der Waals surface area contributed by atoms with Crippen LogP contribution in [0.2, 0.25) is 0 Å². The van der Waals surface area contributed by atoms with Crippen LogP contribution >= 0.6 is 11.8 Å². The number of likely N-dealkylation sites (tertiary alicyclic amines) is 1. The Balaban J connectivity index is 1.94. The minimum atomic E-state index is -1.08. The molecule has 4 unspecified atom stereocenters. The molecule has 2 heterocycles. The van der Waals surface area contributed by atoms with Crippen LogP contribution in [0.25, 0.3) is 0 Å². The highest BCUT2D eigenvalue weighted by Crippen LogP contribution is 2.19. The summed E-state index contributed by atoms with van der Waals surface area (Å²) in [5.41, 5.74) is 0. The predicted molar refractivity (Wildman–Crippen MR) is 106 cm³/mol. The van der Waals surface area contributed by atoms with Crippen LogP contribution in [-0.2, 0) is 19.2 Å². The van der Waals surface area contributed by atoms with E-state index >= 15 is 0 Å². The molecule has 10 heteroatoms. The SMILES string of the molecule is CSCCC(NC(=O)C1CCCN1C(=O)C(C)NC(=O)C1CCCN1)C(=O)O. The number of hydrogen-bond donors (Lipinski definition) is 4. The zero-order valence-corrected chi connectivity index (χ0v) is 17.2. The number of rotatable bonds is 9. The number of nitrogens with zero attached hydrogens (tertiary/aromatic N) is 1. The molecule has 158 valence electrons. The molecule has 4 atom stereocenters. The summed E-state index contributed by atoms with van der Waals surface area (Å²) in [6.07, 6.45) is 5.01. The fourth-order valence-electron chi connectivity index (χ4n) is 3.60. The van der Waals surface area contributed by atoms with Crippen LogP contribution < -0.4 is 16.0 Å². The number of amides is 3. The number of hydrogen-bond acceptors (Lipinski definition) is 6. The van der Waals surface area contributed by atoms with Gasteiger partial charge in [0.15, 0.2) is 0 Å². The molecule has 4 N–H and O–H groups in total. The van der Waals surface area contributed by atoms with Crippen molar-refractivity contribution in [3.05, 3.63) is 0 Å².